The number of carbonyl (C=O) groups excluding carboxylic acids is 2. The van der Waals surface area contributed by atoms with Gasteiger partial charge in [0.1, 0.15) is 11.5 Å². The summed E-state index contributed by atoms with van der Waals surface area (Å²) in [5.74, 6) is -2.61. The summed E-state index contributed by atoms with van der Waals surface area (Å²) < 4.78 is 10.0. The number of anilines is 1. The molecule has 3 N–H and O–H groups in total. The Balaban J connectivity index is 1.94. The summed E-state index contributed by atoms with van der Waals surface area (Å²) in [6.07, 6.45) is 0. The van der Waals surface area contributed by atoms with Crippen LogP contribution in [0.15, 0.2) is 94.2 Å². The van der Waals surface area contributed by atoms with E-state index in [0.29, 0.717) is 22.5 Å². The molecule has 0 saturated heterocycles. The van der Waals surface area contributed by atoms with Gasteiger partial charge in [0.15, 0.2) is 0 Å². The molecule has 1 unspecified atom stereocenters. The number of carbonyl (C=O) groups is 2. The van der Waals surface area contributed by atoms with Crippen molar-refractivity contribution in [1.29, 1.82) is 5.26 Å². The van der Waals surface area contributed by atoms with Gasteiger partial charge in [-0.05, 0) is 23.8 Å². The fourth-order valence-corrected chi connectivity index (χ4v) is 4.07. The number of nitriles is 1. The van der Waals surface area contributed by atoms with Gasteiger partial charge < -0.3 is 15.2 Å². The third-order valence-electron chi connectivity index (χ3n) is 5.71. The van der Waals surface area contributed by atoms with Gasteiger partial charge in [0.2, 0.25) is 0 Å². The van der Waals surface area contributed by atoms with Crippen molar-refractivity contribution in [2.45, 2.75) is 5.92 Å². The molecule has 2 heterocycles. The van der Waals surface area contributed by atoms with Crippen LogP contribution >= 0.6 is 0 Å². The number of methoxy groups -OCH3 is 2. The average Bonchev–Trinajstić information content (AvgIpc) is 2.92. The Labute approximate surface area is 205 Å². The van der Waals surface area contributed by atoms with Gasteiger partial charge in [0.05, 0.1) is 43.0 Å². The first kappa shape index (κ1) is 24.0. The Morgan fingerprint density at radius 2 is 1.67 bits per heavy atom. The molecule has 36 heavy (non-hydrogen) atoms. The van der Waals surface area contributed by atoms with Gasteiger partial charge in [-0.25, -0.2) is 14.7 Å². The molecule has 0 radical (unpaired) electrons. The second kappa shape index (κ2) is 9.99. The number of aromatic amines is 1. The summed E-state index contributed by atoms with van der Waals surface area (Å²) in [4.78, 5) is 38.8. The Morgan fingerprint density at radius 1 is 1.00 bits per heavy atom. The van der Waals surface area contributed by atoms with Gasteiger partial charge >= 0.3 is 11.9 Å². The third kappa shape index (κ3) is 4.21. The van der Waals surface area contributed by atoms with Gasteiger partial charge in [-0.2, -0.15) is 10.4 Å². The van der Waals surface area contributed by atoms with Crippen LogP contribution < -0.4 is 16.2 Å². The summed E-state index contributed by atoms with van der Waals surface area (Å²) in [5.41, 5.74) is 8.15. The molecule has 0 saturated carbocycles. The zero-order valence-corrected chi connectivity index (χ0v) is 19.4. The van der Waals surface area contributed by atoms with Crippen LogP contribution in [-0.4, -0.2) is 36.4 Å². The van der Waals surface area contributed by atoms with Crippen molar-refractivity contribution in [3.63, 3.8) is 0 Å². The maximum absolute atomic E-state index is 13.1. The van der Waals surface area contributed by atoms with Crippen molar-refractivity contribution in [2.24, 2.45) is 5.73 Å². The predicted octanol–water partition coefficient (Wildman–Crippen LogP) is 2.33. The third-order valence-corrected chi connectivity index (χ3v) is 5.71. The Morgan fingerprint density at radius 3 is 2.22 bits per heavy atom. The molecule has 1 aliphatic rings. The predicted molar refractivity (Wildman–Crippen MR) is 130 cm³/mol. The van der Waals surface area contributed by atoms with E-state index < -0.39 is 17.9 Å². The zero-order chi connectivity index (χ0) is 25.8. The minimum atomic E-state index is -0.946. The molecule has 0 aliphatic carbocycles. The molecule has 1 atom stereocenters. The number of nitrogens with one attached hydrogen (secondary N) is 1. The van der Waals surface area contributed by atoms with Gasteiger partial charge in [-0.3, -0.25) is 9.69 Å². The van der Waals surface area contributed by atoms with Crippen LogP contribution in [0.2, 0.25) is 0 Å². The lowest BCUT2D eigenvalue weighted by atomic mass is 9.81. The van der Waals surface area contributed by atoms with Crippen LogP contribution in [0.1, 0.15) is 11.5 Å². The highest BCUT2D eigenvalue weighted by Crippen LogP contribution is 2.43. The quantitative estimate of drug-likeness (QED) is 0.521. The highest BCUT2D eigenvalue weighted by atomic mass is 16.5. The fraction of sp³-hybridized carbons (Fsp3) is 0.115. The van der Waals surface area contributed by atoms with Crippen molar-refractivity contribution >= 4 is 17.6 Å². The van der Waals surface area contributed by atoms with Gasteiger partial charge in [0, 0.05) is 17.3 Å². The van der Waals surface area contributed by atoms with E-state index in [4.69, 9.17) is 15.2 Å². The normalized spacial score (nSPS) is 15.4. The van der Waals surface area contributed by atoms with Crippen LogP contribution in [0.25, 0.3) is 11.3 Å². The summed E-state index contributed by atoms with van der Waals surface area (Å²) in [6.45, 7) is 0. The van der Waals surface area contributed by atoms with Crippen LogP contribution in [0.5, 0.6) is 0 Å². The first-order valence-electron chi connectivity index (χ1n) is 10.7. The lowest BCUT2D eigenvalue weighted by Crippen LogP contribution is -2.40. The SMILES string of the molecule is COC(=O)C1=C(C(=O)OC)N(c2ccc(-c3ccc(=O)[nH]n3)cc2)C(N)=C(C#N)C1c1ccccc1. The van der Waals surface area contributed by atoms with Crippen LogP contribution in [0.4, 0.5) is 5.69 Å². The molecular formula is C26H21N5O5. The Kier molecular flexibility index (Phi) is 6.65. The van der Waals surface area contributed by atoms with Crippen LogP contribution in [0, 0.1) is 11.3 Å². The highest BCUT2D eigenvalue weighted by Gasteiger charge is 2.42. The largest absolute Gasteiger partial charge is 0.466 e. The van der Waals surface area contributed by atoms with Crippen molar-refractivity contribution in [3.05, 3.63) is 105 Å². The van der Waals surface area contributed by atoms with E-state index in [0.717, 1.165) is 0 Å². The summed E-state index contributed by atoms with van der Waals surface area (Å²) >= 11 is 0. The molecule has 3 aromatic rings. The monoisotopic (exact) mass is 483 g/mol. The number of hydrogen-bond acceptors (Lipinski definition) is 9. The summed E-state index contributed by atoms with van der Waals surface area (Å²) in [7, 11) is 2.38. The van der Waals surface area contributed by atoms with Crippen molar-refractivity contribution in [2.75, 3.05) is 19.1 Å². The topological polar surface area (TPSA) is 151 Å². The molecule has 180 valence electrons. The number of hydrogen-bond donors (Lipinski definition) is 2. The summed E-state index contributed by atoms with van der Waals surface area (Å²) in [5, 5.41) is 16.5. The second-order valence-corrected chi connectivity index (χ2v) is 7.69. The van der Waals surface area contributed by atoms with Gasteiger partial charge in [-0.1, -0.05) is 42.5 Å². The number of ether oxygens (including phenoxy) is 2. The lowest BCUT2D eigenvalue weighted by molar-refractivity contribution is -0.139. The van der Waals surface area contributed by atoms with Crippen LogP contribution in [-0.2, 0) is 19.1 Å². The smallest absolute Gasteiger partial charge is 0.355 e. The average molecular weight is 483 g/mol. The number of aromatic nitrogens is 2. The molecule has 10 heteroatoms. The molecule has 1 aromatic heterocycles. The molecule has 0 amide bonds. The lowest BCUT2D eigenvalue weighted by Gasteiger charge is -2.35. The number of nitrogens with two attached hydrogens (primary N) is 1. The van der Waals surface area contributed by atoms with E-state index in [-0.39, 0.29) is 28.2 Å². The molecule has 4 rings (SSSR count). The van der Waals surface area contributed by atoms with Gasteiger partial charge in [-0.15, -0.1) is 0 Å². The van der Waals surface area contributed by atoms with Gasteiger partial charge in [0.25, 0.3) is 5.56 Å². The first-order chi connectivity index (χ1) is 17.4. The zero-order valence-electron chi connectivity index (χ0n) is 19.4. The number of esters is 2. The maximum Gasteiger partial charge on any atom is 0.355 e. The van der Waals surface area contributed by atoms with E-state index >= 15 is 0 Å². The molecule has 1 aliphatic heterocycles. The van der Waals surface area contributed by atoms with Crippen molar-refractivity contribution in [3.8, 4) is 17.3 Å². The Hall–Kier alpha value is -5.17. The molecule has 10 nitrogen and oxygen atoms in total. The number of benzene rings is 2. The molecule has 0 fully saturated rings. The highest BCUT2D eigenvalue weighted by molar-refractivity contribution is 6.06. The van der Waals surface area contributed by atoms with Crippen molar-refractivity contribution < 1.29 is 19.1 Å². The molecule has 0 spiro atoms. The number of nitrogens with zero attached hydrogens (tertiary/aromatic N) is 3. The minimum Gasteiger partial charge on any atom is -0.466 e. The fourth-order valence-electron chi connectivity index (χ4n) is 4.07. The van der Waals surface area contributed by atoms with Crippen LogP contribution in [0.3, 0.4) is 0 Å². The maximum atomic E-state index is 13.1. The van der Waals surface area contributed by atoms with E-state index in [1.807, 2.05) is 0 Å². The Bertz CT molecular complexity index is 1460. The molecule has 0 bridgehead atoms. The second-order valence-electron chi connectivity index (χ2n) is 7.69. The number of rotatable bonds is 5. The van der Waals surface area contributed by atoms with E-state index in [2.05, 4.69) is 16.3 Å². The summed E-state index contributed by atoms with van der Waals surface area (Å²) in [6, 6.07) is 20.5. The standard InChI is InChI=1S/C26H21N5O5/c1-35-25(33)22-21(16-6-4-3-5-7-16)18(14-27)24(28)31(23(22)26(34)36-2)17-10-8-15(9-11-17)19-12-13-20(32)30-29-19/h3-13,21H,28H2,1-2H3,(H,30,32). The van der Waals surface area contributed by atoms with E-state index in [1.165, 1.54) is 25.2 Å². The minimum absolute atomic E-state index is 0.0330. The van der Waals surface area contributed by atoms with E-state index in [9.17, 15) is 19.6 Å². The van der Waals surface area contributed by atoms with E-state index in [1.54, 1.807) is 60.7 Å². The molecule has 2 aromatic carbocycles. The number of allylic oxidation sites excluding steroid dienone is 1. The first-order valence-corrected chi connectivity index (χ1v) is 10.7. The van der Waals surface area contributed by atoms with Crippen molar-refractivity contribution in [1.82, 2.24) is 10.2 Å². The number of H-pyrrole nitrogens is 1. The molecular weight excluding hydrogens is 462 g/mol.